The van der Waals surface area contributed by atoms with Crippen LogP contribution in [0.25, 0.3) is 11.3 Å². The fraction of sp³-hybridized carbons (Fsp3) is 0.154. The third-order valence-corrected chi connectivity index (χ3v) is 2.81. The number of hydrogen-bond donors (Lipinski definition) is 0. The van der Waals surface area contributed by atoms with E-state index in [1.165, 1.54) is 22.4 Å². The summed E-state index contributed by atoms with van der Waals surface area (Å²) >= 11 is 0. The zero-order valence-corrected chi connectivity index (χ0v) is 8.20. The first-order chi connectivity index (χ1) is 6.84. The largest absolute Gasteiger partial charge is 0.213 e. The van der Waals surface area contributed by atoms with Gasteiger partial charge >= 0.3 is 0 Å². The minimum Gasteiger partial charge on any atom is -0.194 e. The molecule has 1 aromatic heterocycles. The van der Waals surface area contributed by atoms with Crippen LogP contribution in [0.2, 0.25) is 0 Å². The summed E-state index contributed by atoms with van der Waals surface area (Å²) in [5.41, 5.74) is 5.47. The molecule has 1 aliphatic rings. The van der Waals surface area contributed by atoms with Crippen molar-refractivity contribution < 1.29 is 4.57 Å². The third kappa shape index (κ3) is 0.987. The van der Waals surface area contributed by atoms with Crippen molar-refractivity contribution in [2.45, 2.75) is 13.5 Å². The molecule has 14 heavy (non-hydrogen) atoms. The summed E-state index contributed by atoms with van der Waals surface area (Å²) in [6.07, 6.45) is 2.22. The van der Waals surface area contributed by atoms with Gasteiger partial charge in [-0.15, -0.1) is 0 Å². The molecule has 2 aromatic rings. The number of hydrogen-bond acceptors (Lipinski definition) is 0. The molecule has 0 saturated carbocycles. The molecule has 0 radical (unpaired) electrons. The highest BCUT2D eigenvalue weighted by molar-refractivity contribution is 5.62. The van der Waals surface area contributed by atoms with E-state index < -0.39 is 0 Å². The van der Waals surface area contributed by atoms with Crippen molar-refractivity contribution in [3.63, 3.8) is 0 Å². The molecule has 3 rings (SSSR count). The maximum atomic E-state index is 2.32. The molecule has 0 fully saturated rings. The molecule has 1 aromatic carbocycles. The predicted molar refractivity (Wildman–Crippen MR) is 55.9 cm³/mol. The second-order valence-corrected chi connectivity index (χ2v) is 3.88. The highest BCUT2D eigenvalue weighted by Gasteiger charge is 2.24. The van der Waals surface area contributed by atoms with Crippen molar-refractivity contribution in [1.29, 1.82) is 0 Å². The van der Waals surface area contributed by atoms with Gasteiger partial charge in [-0.25, -0.2) is 0 Å². The van der Waals surface area contributed by atoms with Crippen LogP contribution in [0.4, 0.5) is 0 Å². The molecule has 0 bridgehead atoms. The maximum absolute atomic E-state index is 2.32. The summed E-state index contributed by atoms with van der Waals surface area (Å²) in [4.78, 5) is 0. The Morgan fingerprint density at radius 1 is 1.07 bits per heavy atom. The van der Waals surface area contributed by atoms with E-state index in [0.29, 0.717) is 0 Å². The molecule has 1 heteroatoms. The van der Waals surface area contributed by atoms with Crippen molar-refractivity contribution in [3.05, 3.63) is 53.7 Å². The monoisotopic (exact) mass is 182 g/mol. The first-order valence-corrected chi connectivity index (χ1v) is 4.93. The van der Waals surface area contributed by atoms with E-state index in [-0.39, 0.29) is 0 Å². The first-order valence-electron chi connectivity index (χ1n) is 4.93. The Balaban J connectivity index is 2.27. The second kappa shape index (κ2) is 2.68. The topological polar surface area (TPSA) is 3.88 Å². The molecule has 1 aliphatic heterocycles. The fourth-order valence-corrected chi connectivity index (χ4v) is 2.13. The number of nitrogens with zero attached hydrogens (tertiary/aromatic N) is 1. The van der Waals surface area contributed by atoms with Crippen LogP contribution in [-0.2, 0) is 6.54 Å². The summed E-state index contributed by atoms with van der Waals surface area (Å²) < 4.78 is 2.32. The third-order valence-electron chi connectivity index (χ3n) is 2.81. The van der Waals surface area contributed by atoms with E-state index in [4.69, 9.17) is 0 Å². The highest BCUT2D eigenvalue weighted by atomic mass is 15.0. The van der Waals surface area contributed by atoms with Gasteiger partial charge in [-0.1, -0.05) is 18.2 Å². The molecule has 0 aliphatic carbocycles. The number of fused-ring (bicyclic) bond motifs is 3. The van der Waals surface area contributed by atoms with Gasteiger partial charge in [-0.2, -0.15) is 4.57 Å². The summed E-state index contributed by atoms with van der Waals surface area (Å²) in [5.74, 6) is 0. The van der Waals surface area contributed by atoms with Crippen LogP contribution in [0.3, 0.4) is 0 Å². The first kappa shape index (κ1) is 7.74. The van der Waals surface area contributed by atoms with Crippen LogP contribution in [0.15, 0.2) is 42.6 Å². The van der Waals surface area contributed by atoms with Gasteiger partial charge in [0, 0.05) is 17.2 Å². The zero-order chi connectivity index (χ0) is 9.54. The molecule has 0 saturated heterocycles. The standard InChI is InChI=1S/C13H12N/c1-10-6-7-13-12-5-3-2-4-11(12)9-14(13)8-10/h2-8H,9H2,1H3/q+1. The van der Waals surface area contributed by atoms with Crippen molar-refractivity contribution in [3.8, 4) is 11.3 Å². The van der Waals surface area contributed by atoms with Crippen molar-refractivity contribution in [1.82, 2.24) is 0 Å². The average Bonchev–Trinajstić information content (AvgIpc) is 2.54. The van der Waals surface area contributed by atoms with Crippen LogP contribution in [-0.4, -0.2) is 0 Å². The molecule has 1 nitrogen and oxygen atoms in total. The Morgan fingerprint density at radius 3 is 2.86 bits per heavy atom. The fourth-order valence-electron chi connectivity index (χ4n) is 2.13. The quantitative estimate of drug-likeness (QED) is 0.470. The number of benzene rings is 1. The van der Waals surface area contributed by atoms with Crippen LogP contribution < -0.4 is 4.57 Å². The summed E-state index contributed by atoms with van der Waals surface area (Å²) in [6.45, 7) is 3.16. The maximum Gasteiger partial charge on any atom is 0.213 e. The molecule has 2 heterocycles. The Morgan fingerprint density at radius 2 is 1.93 bits per heavy atom. The Kier molecular flexibility index (Phi) is 1.48. The van der Waals surface area contributed by atoms with Crippen molar-refractivity contribution in [2.24, 2.45) is 0 Å². The minimum atomic E-state index is 1.02. The molecule has 0 amide bonds. The lowest BCUT2D eigenvalue weighted by Crippen LogP contribution is -2.32. The Hall–Kier alpha value is -1.63. The van der Waals surface area contributed by atoms with Gasteiger partial charge in [0.15, 0.2) is 12.7 Å². The van der Waals surface area contributed by atoms with Crippen LogP contribution >= 0.6 is 0 Å². The molecule has 68 valence electrons. The molecular formula is C13H12N+. The van der Waals surface area contributed by atoms with Crippen LogP contribution in [0.1, 0.15) is 11.1 Å². The van der Waals surface area contributed by atoms with Gasteiger partial charge in [0.1, 0.15) is 0 Å². The van der Waals surface area contributed by atoms with E-state index in [1.807, 2.05) is 0 Å². The smallest absolute Gasteiger partial charge is 0.194 e. The van der Waals surface area contributed by atoms with Crippen LogP contribution in [0, 0.1) is 6.92 Å². The number of rotatable bonds is 0. The van der Waals surface area contributed by atoms with Gasteiger partial charge in [-0.05, 0) is 19.1 Å². The Labute approximate surface area is 83.6 Å². The Bertz CT molecular complexity index is 500. The van der Waals surface area contributed by atoms with E-state index in [2.05, 4.69) is 54.1 Å². The minimum absolute atomic E-state index is 1.02. The number of aryl methyl sites for hydroxylation is 1. The summed E-state index contributed by atoms with van der Waals surface area (Å²) in [6, 6.07) is 13.0. The normalized spacial score (nSPS) is 12.4. The SMILES string of the molecule is Cc1ccc2[n+](c1)Cc1ccccc1-2. The highest BCUT2D eigenvalue weighted by Crippen LogP contribution is 2.25. The number of aromatic nitrogens is 1. The van der Waals surface area contributed by atoms with Crippen molar-refractivity contribution in [2.75, 3.05) is 0 Å². The van der Waals surface area contributed by atoms with E-state index >= 15 is 0 Å². The van der Waals surface area contributed by atoms with Crippen LogP contribution in [0.5, 0.6) is 0 Å². The lowest BCUT2D eigenvalue weighted by molar-refractivity contribution is -0.672. The van der Waals surface area contributed by atoms with Gasteiger partial charge in [0.05, 0.1) is 5.56 Å². The molecule has 0 spiro atoms. The summed E-state index contributed by atoms with van der Waals surface area (Å²) in [5, 5.41) is 0. The van der Waals surface area contributed by atoms with E-state index in [9.17, 15) is 0 Å². The second-order valence-electron chi connectivity index (χ2n) is 3.88. The molecule has 0 atom stereocenters. The molecule has 0 unspecified atom stereocenters. The average molecular weight is 182 g/mol. The lowest BCUT2D eigenvalue weighted by atomic mass is 10.1. The predicted octanol–water partition coefficient (Wildman–Crippen LogP) is 2.31. The summed E-state index contributed by atoms with van der Waals surface area (Å²) in [7, 11) is 0. The van der Waals surface area contributed by atoms with E-state index in [0.717, 1.165) is 6.54 Å². The van der Waals surface area contributed by atoms with Gasteiger partial charge < -0.3 is 0 Å². The number of pyridine rings is 1. The molecular weight excluding hydrogens is 170 g/mol. The zero-order valence-electron chi connectivity index (χ0n) is 8.20. The molecule has 0 N–H and O–H groups in total. The van der Waals surface area contributed by atoms with Gasteiger partial charge in [0.2, 0.25) is 5.69 Å². The van der Waals surface area contributed by atoms with Gasteiger partial charge in [-0.3, -0.25) is 0 Å². The lowest BCUT2D eigenvalue weighted by Gasteiger charge is -1.93. The van der Waals surface area contributed by atoms with E-state index in [1.54, 1.807) is 0 Å². The van der Waals surface area contributed by atoms with Crippen molar-refractivity contribution >= 4 is 0 Å². The van der Waals surface area contributed by atoms with Gasteiger partial charge in [0.25, 0.3) is 0 Å².